The van der Waals surface area contributed by atoms with Crippen LogP contribution in [-0.2, 0) is 11.3 Å². The molecule has 1 amide bonds. The van der Waals surface area contributed by atoms with Crippen molar-refractivity contribution in [3.63, 3.8) is 0 Å². The van der Waals surface area contributed by atoms with Crippen molar-refractivity contribution in [1.29, 1.82) is 0 Å². The summed E-state index contributed by atoms with van der Waals surface area (Å²) in [6.07, 6.45) is 0.990. The molecule has 0 saturated heterocycles. The van der Waals surface area contributed by atoms with E-state index in [4.69, 9.17) is 0 Å². The largest absolute Gasteiger partial charge is 0.337 e. The summed E-state index contributed by atoms with van der Waals surface area (Å²) in [5.74, 6) is 0.180. The zero-order valence-electron chi connectivity index (χ0n) is 11.7. The average molecular weight is 248 g/mol. The molecule has 100 valence electrons. The first kappa shape index (κ1) is 14.7. The van der Waals surface area contributed by atoms with Crippen LogP contribution in [0.5, 0.6) is 0 Å². The average Bonchev–Trinajstić information content (AvgIpc) is 2.38. The van der Waals surface area contributed by atoms with E-state index in [1.54, 1.807) is 0 Å². The summed E-state index contributed by atoms with van der Waals surface area (Å²) >= 11 is 0. The third-order valence-corrected chi connectivity index (χ3v) is 2.87. The molecule has 0 fully saturated rings. The summed E-state index contributed by atoms with van der Waals surface area (Å²) in [5.41, 5.74) is 2.44. The molecular weight excluding hydrogens is 224 g/mol. The quantitative estimate of drug-likeness (QED) is 0.803. The van der Waals surface area contributed by atoms with Crippen LogP contribution < -0.4 is 5.32 Å². The Bertz CT molecular complexity index is 359. The molecule has 3 nitrogen and oxygen atoms in total. The molecule has 0 aliphatic carbocycles. The Balaban J connectivity index is 2.61. The summed E-state index contributed by atoms with van der Waals surface area (Å²) in [5, 5.41) is 3.09. The summed E-state index contributed by atoms with van der Waals surface area (Å²) in [6.45, 7) is 8.97. The zero-order chi connectivity index (χ0) is 13.4. The lowest BCUT2D eigenvalue weighted by Gasteiger charge is -2.22. The van der Waals surface area contributed by atoms with E-state index >= 15 is 0 Å². The molecule has 1 aromatic rings. The van der Waals surface area contributed by atoms with Crippen molar-refractivity contribution in [1.82, 2.24) is 10.2 Å². The number of rotatable bonds is 7. The minimum atomic E-state index is 0.180. The summed E-state index contributed by atoms with van der Waals surface area (Å²) in [6, 6.07) is 8.37. The first-order valence-corrected chi connectivity index (χ1v) is 6.71. The van der Waals surface area contributed by atoms with Gasteiger partial charge in [0, 0.05) is 13.1 Å². The van der Waals surface area contributed by atoms with Crippen molar-refractivity contribution in [2.24, 2.45) is 0 Å². The molecule has 0 unspecified atom stereocenters. The van der Waals surface area contributed by atoms with E-state index in [9.17, 15) is 4.79 Å². The number of carbonyl (C=O) groups is 1. The van der Waals surface area contributed by atoms with Crippen molar-refractivity contribution in [2.75, 3.05) is 19.6 Å². The second-order valence-electron chi connectivity index (χ2n) is 4.58. The fraction of sp³-hybridized carbons (Fsp3) is 0.533. The number of benzene rings is 1. The van der Waals surface area contributed by atoms with E-state index < -0.39 is 0 Å². The van der Waals surface area contributed by atoms with Gasteiger partial charge in [-0.15, -0.1) is 0 Å². The standard InChI is InChI=1S/C15H24N2O/c1-4-10-17(15(18)11-16-5-2)12-14-8-6-13(3)7-9-14/h6-9,16H,4-5,10-12H2,1-3H3. The van der Waals surface area contributed by atoms with Gasteiger partial charge in [0.15, 0.2) is 0 Å². The number of carbonyl (C=O) groups excluding carboxylic acids is 1. The van der Waals surface area contributed by atoms with Gasteiger partial charge in [-0.05, 0) is 25.5 Å². The predicted molar refractivity (Wildman–Crippen MR) is 75.4 cm³/mol. The Labute approximate surface area is 110 Å². The first-order chi connectivity index (χ1) is 8.67. The van der Waals surface area contributed by atoms with Crippen LogP contribution in [0.3, 0.4) is 0 Å². The third kappa shape index (κ3) is 4.88. The number of hydrogen-bond acceptors (Lipinski definition) is 2. The highest BCUT2D eigenvalue weighted by Crippen LogP contribution is 2.07. The van der Waals surface area contributed by atoms with Crippen LogP contribution in [0.15, 0.2) is 24.3 Å². The van der Waals surface area contributed by atoms with Gasteiger partial charge in [-0.25, -0.2) is 0 Å². The lowest BCUT2D eigenvalue weighted by atomic mass is 10.1. The SMILES string of the molecule is CCCN(Cc1ccc(C)cc1)C(=O)CNCC. The van der Waals surface area contributed by atoms with Crippen LogP contribution in [0, 0.1) is 6.92 Å². The van der Waals surface area contributed by atoms with Crippen LogP contribution in [0.4, 0.5) is 0 Å². The topological polar surface area (TPSA) is 32.3 Å². The van der Waals surface area contributed by atoms with Crippen molar-refractivity contribution in [3.05, 3.63) is 35.4 Å². The number of nitrogens with zero attached hydrogens (tertiary/aromatic N) is 1. The summed E-state index contributed by atoms with van der Waals surface area (Å²) in [7, 11) is 0. The first-order valence-electron chi connectivity index (χ1n) is 6.71. The van der Waals surface area contributed by atoms with E-state index in [-0.39, 0.29) is 5.91 Å². The molecule has 18 heavy (non-hydrogen) atoms. The number of hydrogen-bond donors (Lipinski definition) is 1. The van der Waals surface area contributed by atoms with Gasteiger partial charge in [0.25, 0.3) is 0 Å². The molecular formula is C15H24N2O. The molecule has 0 bridgehead atoms. The van der Waals surface area contributed by atoms with Crippen molar-refractivity contribution >= 4 is 5.91 Å². The Kier molecular flexibility index (Phi) is 6.44. The third-order valence-electron chi connectivity index (χ3n) is 2.87. The Morgan fingerprint density at radius 1 is 1.22 bits per heavy atom. The molecule has 0 saturated carbocycles. The van der Waals surface area contributed by atoms with Crippen molar-refractivity contribution in [2.45, 2.75) is 33.7 Å². The maximum atomic E-state index is 12.0. The van der Waals surface area contributed by atoms with Gasteiger partial charge < -0.3 is 10.2 Å². The van der Waals surface area contributed by atoms with Gasteiger partial charge in [0.1, 0.15) is 0 Å². The predicted octanol–water partition coefficient (Wildman–Crippen LogP) is 2.34. The van der Waals surface area contributed by atoms with Crippen LogP contribution in [0.2, 0.25) is 0 Å². The molecule has 0 radical (unpaired) electrons. The number of nitrogens with one attached hydrogen (secondary N) is 1. The van der Waals surface area contributed by atoms with Gasteiger partial charge in [-0.1, -0.05) is 43.7 Å². The van der Waals surface area contributed by atoms with Crippen LogP contribution in [-0.4, -0.2) is 30.4 Å². The zero-order valence-corrected chi connectivity index (χ0v) is 11.7. The Morgan fingerprint density at radius 3 is 2.44 bits per heavy atom. The van der Waals surface area contributed by atoms with E-state index in [0.29, 0.717) is 13.1 Å². The monoisotopic (exact) mass is 248 g/mol. The maximum absolute atomic E-state index is 12.0. The molecule has 0 spiro atoms. The minimum Gasteiger partial charge on any atom is -0.337 e. The molecule has 1 aromatic carbocycles. The smallest absolute Gasteiger partial charge is 0.236 e. The molecule has 0 aliphatic heterocycles. The normalized spacial score (nSPS) is 10.4. The Morgan fingerprint density at radius 2 is 1.89 bits per heavy atom. The van der Waals surface area contributed by atoms with Crippen LogP contribution >= 0.6 is 0 Å². The van der Waals surface area contributed by atoms with E-state index in [0.717, 1.165) is 19.5 Å². The van der Waals surface area contributed by atoms with Gasteiger partial charge >= 0.3 is 0 Å². The molecule has 1 rings (SSSR count). The molecule has 0 aromatic heterocycles. The van der Waals surface area contributed by atoms with Gasteiger partial charge in [0.05, 0.1) is 6.54 Å². The minimum absolute atomic E-state index is 0.180. The number of amides is 1. The lowest BCUT2D eigenvalue weighted by Crippen LogP contribution is -2.38. The van der Waals surface area contributed by atoms with Crippen LogP contribution in [0.25, 0.3) is 0 Å². The van der Waals surface area contributed by atoms with Gasteiger partial charge in [-0.2, -0.15) is 0 Å². The maximum Gasteiger partial charge on any atom is 0.236 e. The van der Waals surface area contributed by atoms with Gasteiger partial charge in [-0.3, -0.25) is 4.79 Å². The molecule has 3 heteroatoms. The molecule has 0 atom stereocenters. The van der Waals surface area contributed by atoms with E-state index in [1.165, 1.54) is 11.1 Å². The molecule has 1 N–H and O–H groups in total. The highest BCUT2D eigenvalue weighted by Gasteiger charge is 2.12. The van der Waals surface area contributed by atoms with E-state index in [2.05, 4.69) is 43.4 Å². The number of likely N-dealkylation sites (N-methyl/N-ethyl adjacent to an activating group) is 1. The fourth-order valence-corrected chi connectivity index (χ4v) is 1.82. The highest BCUT2D eigenvalue weighted by atomic mass is 16.2. The van der Waals surface area contributed by atoms with E-state index in [1.807, 2.05) is 11.8 Å². The Hall–Kier alpha value is -1.35. The molecule has 0 aliphatic rings. The fourth-order valence-electron chi connectivity index (χ4n) is 1.82. The second-order valence-corrected chi connectivity index (χ2v) is 4.58. The van der Waals surface area contributed by atoms with Crippen LogP contribution in [0.1, 0.15) is 31.4 Å². The summed E-state index contributed by atoms with van der Waals surface area (Å²) in [4.78, 5) is 14.0. The van der Waals surface area contributed by atoms with Gasteiger partial charge in [0.2, 0.25) is 5.91 Å². The number of aryl methyl sites for hydroxylation is 1. The lowest BCUT2D eigenvalue weighted by molar-refractivity contribution is -0.130. The summed E-state index contributed by atoms with van der Waals surface area (Å²) < 4.78 is 0. The van der Waals surface area contributed by atoms with Crippen molar-refractivity contribution in [3.8, 4) is 0 Å². The highest BCUT2D eigenvalue weighted by molar-refractivity contribution is 5.78. The second kappa shape index (κ2) is 7.88. The van der Waals surface area contributed by atoms with Crippen molar-refractivity contribution < 1.29 is 4.79 Å². The molecule has 0 heterocycles.